The summed E-state index contributed by atoms with van der Waals surface area (Å²) < 4.78 is 6.49. The van der Waals surface area contributed by atoms with E-state index in [9.17, 15) is 0 Å². The molecule has 0 unspecified atom stereocenters. The van der Waals surface area contributed by atoms with Crippen molar-refractivity contribution in [1.82, 2.24) is 0 Å². The maximum atomic E-state index is 5.44. The van der Waals surface area contributed by atoms with Crippen LogP contribution in [-0.4, -0.2) is 7.11 Å². The Hall–Kier alpha value is -1.80. The van der Waals surface area contributed by atoms with Gasteiger partial charge in [0.25, 0.3) is 0 Å². The second kappa shape index (κ2) is 9.26. The van der Waals surface area contributed by atoms with E-state index in [2.05, 4.69) is 41.2 Å². The van der Waals surface area contributed by atoms with Crippen LogP contribution >= 0.6 is 15.9 Å². The van der Waals surface area contributed by atoms with Crippen molar-refractivity contribution >= 4 is 28.6 Å². The Labute approximate surface area is 141 Å². The van der Waals surface area contributed by atoms with E-state index in [1.807, 2.05) is 44.2 Å². The number of hydrogen-bond acceptors (Lipinski definition) is 1. The van der Waals surface area contributed by atoms with E-state index in [1.54, 1.807) is 13.2 Å². The molecule has 0 spiro atoms. The molecule has 0 radical (unpaired) electrons. The summed E-state index contributed by atoms with van der Waals surface area (Å²) in [6.45, 7) is 11.9. The third-order valence-corrected chi connectivity index (χ3v) is 3.69. The maximum Gasteiger partial charge on any atom is 0.122 e. The minimum atomic E-state index is 0.797. The minimum Gasteiger partial charge on any atom is -0.496 e. The normalized spacial score (nSPS) is 10.6. The molecule has 2 heteroatoms. The Bertz CT molecular complexity index is 732. The van der Waals surface area contributed by atoms with E-state index in [4.69, 9.17) is 4.74 Å². The predicted molar refractivity (Wildman–Crippen MR) is 101 cm³/mol. The van der Waals surface area contributed by atoms with Gasteiger partial charge in [0.05, 0.1) is 7.11 Å². The Morgan fingerprint density at radius 1 is 1.14 bits per heavy atom. The van der Waals surface area contributed by atoms with E-state index < -0.39 is 0 Å². The van der Waals surface area contributed by atoms with Gasteiger partial charge in [-0.05, 0) is 39.8 Å². The monoisotopic (exact) mass is 358 g/mol. The molecule has 0 aliphatic carbocycles. The minimum absolute atomic E-state index is 0.797. The average Bonchev–Trinajstić information content (AvgIpc) is 2.53. The lowest BCUT2D eigenvalue weighted by molar-refractivity contribution is 0.410. The number of ether oxygens (including phenoxy) is 1. The topological polar surface area (TPSA) is 9.23 Å². The van der Waals surface area contributed by atoms with Crippen LogP contribution in [-0.2, 0) is 6.42 Å². The molecule has 0 saturated carbocycles. The summed E-state index contributed by atoms with van der Waals surface area (Å²) in [7, 11) is 1.70. The third-order valence-electron chi connectivity index (χ3n) is 3.19. The Kier molecular flexibility index (Phi) is 7.69. The van der Waals surface area contributed by atoms with Crippen LogP contribution in [0.2, 0.25) is 0 Å². The first-order chi connectivity index (χ1) is 10.7. The highest BCUT2D eigenvalue weighted by molar-refractivity contribution is 9.10. The first-order valence-corrected chi connectivity index (χ1v) is 8.17. The van der Waals surface area contributed by atoms with E-state index >= 15 is 0 Å². The van der Waals surface area contributed by atoms with E-state index in [1.165, 1.54) is 5.56 Å². The molecule has 0 aliphatic rings. The molecule has 2 aromatic carbocycles. The summed E-state index contributed by atoms with van der Waals surface area (Å²) in [4.78, 5) is 0. The summed E-state index contributed by atoms with van der Waals surface area (Å²) >= 11 is 3.51. The maximum absolute atomic E-state index is 5.44. The van der Waals surface area contributed by atoms with Crippen LogP contribution in [0.25, 0.3) is 12.7 Å². The summed E-state index contributed by atoms with van der Waals surface area (Å²) in [6.07, 6.45) is 4.60. The van der Waals surface area contributed by atoms with Crippen molar-refractivity contribution in [2.24, 2.45) is 0 Å². The first kappa shape index (κ1) is 18.2. The van der Waals surface area contributed by atoms with Crippen molar-refractivity contribution < 1.29 is 4.74 Å². The van der Waals surface area contributed by atoms with Gasteiger partial charge in [0, 0.05) is 10.9 Å². The Morgan fingerprint density at radius 3 is 2.50 bits per heavy atom. The van der Waals surface area contributed by atoms with Crippen molar-refractivity contribution in [3.05, 3.63) is 75.1 Å². The second-order valence-corrected chi connectivity index (χ2v) is 5.44. The molecule has 0 amide bonds. The molecule has 0 bridgehead atoms. The molecule has 116 valence electrons. The van der Waals surface area contributed by atoms with Crippen LogP contribution in [0.15, 0.2) is 53.5 Å². The van der Waals surface area contributed by atoms with Gasteiger partial charge in [-0.1, -0.05) is 73.3 Å². The van der Waals surface area contributed by atoms with Gasteiger partial charge in [-0.2, -0.15) is 0 Å². The number of halogens is 1. The lowest BCUT2D eigenvalue weighted by atomic mass is 10.0. The van der Waals surface area contributed by atoms with Gasteiger partial charge in [-0.15, -0.1) is 0 Å². The van der Waals surface area contributed by atoms with Gasteiger partial charge in [-0.25, -0.2) is 0 Å². The zero-order valence-electron chi connectivity index (χ0n) is 13.5. The zero-order chi connectivity index (χ0) is 16.5. The van der Waals surface area contributed by atoms with Gasteiger partial charge in [0.15, 0.2) is 0 Å². The molecule has 2 rings (SSSR count). The van der Waals surface area contributed by atoms with Crippen molar-refractivity contribution in [3.8, 4) is 5.75 Å². The molecular weight excluding hydrogens is 336 g/mol. The van der Waals surface area contributed by atoms with Crippen LogP contribution in [0, 0.1) is 0 Å². The molecule has 2 aromatic rings. The van der Waals surface area contributed by atoms with Gasteiger partial charge in [-0.3, -0.25) is 0 Å². The van der Waals surface area contributed by atoms with Gasteiger partial charge >= 0.3 is 0 Å². The predicted octanol–water partition coefficient (Wildman–Crippen LogP) is 4.45. The van der Waals surface area contributed by atoms with Gasteiger partial charge in [0.1, 0.15) is 5.75 Å². The number of benzene rings is 2. The second-order valence-electron chi connectivity index (χ2n) is 4.53. The number of methoxy groups -OCH3 is 1. The summed E-state index contributed by atoms with van der Waals surface area (Å²) in [5.74, 6) is 0.896. The van der Waals surface area contributed by atoms with Crippen LogP contribution < -0.4 is 15.2 Å². The summed E-state index contributed by atoms with van der Waals surface area (Å²) in [5.41, 5.74) is 2.36. The lowest BCUT2D eigenvalue weighted by Gasteiger charge is -2.10. The van der Waals surface area contributed by atoms with Crippen molar-refractivity contribution in [3.63, 3.8) is 0 Å². The molecular formula is C20H23BrO. The van der Waals surface area contributed by atoms with Gasteiger partial charge < -0.3 is 4.74 Å². The van der Waals surface area contributed by atoms with E-state index in [-0.39, 0.29) is 0 Å². The summed E-state index contributed by atoms with van der Waals surface area (Å²) in [6, 6.07) is 12.2. The molecule has 0 saturated heterocycles. The smallest absolute Gasteiger partial charge is 0.122 e. The molecule has 0 atom stereocenters. The fourth-order valence-electron chi connectivity index (χ4n) is 2.24. The average molecular weight is 359 g/mol. The quantitative estimate of drug-likeness (QED) is 0.784. The number of hydrogen-bond donors (Lipinski definition) is 0. The van der Waals surface area contributed by atoms with Crippen molar-refractivity contribution in [2.45, 2.75) is 20.3 Å². The van der Waals surface area contributed by atoms with E-state index in [0.29, 0.717) is 0 Å². The molecule has 0 N–H and O–H groups in total. The Balaban J connectivity index is 0.00000116. The molecule has 0 heterocycles. The van der Waals surface area contributed by atoms with Crippen LogP contribution in [0.5, 0.6) is 5.75 Å². The lowest BCUT2D eigenvalue weighted by Crippen LogP contribution is -2.27. The highest BCUT2D eigenvalue weighted by Gasteiger charge is 2.06. The molecule has 0 aromatic heterocycles. The fraction of sp³-hybridized carbons (Fsp3) is 0.200. The SMILES string of the molecule is C=C/C=c1/c(Cc2cc(Br)ccc2OC)cccc1=C.CC. The highest BCUT2D eigenvalue weighted by atomic mass is 79.9. The molecule has 22 heavy (non-hydrogen) atoms. The van der Waals surface area contributed by atoms with Crippen LogP contribution in [0.3, 0.4) is 0 Å². The molecule has 0 aliphatic heterocycles. The highest BCUT2D eigenvalue weighted by Crippen LogP contribution is 2.24. The number of rotatable bonds is 4. The largest absolute Gasteiger partial charge is 0.496 e. The molecule has 0 fully saturated rings. The third kappa shape index (κ3) is 4.60. The zero-order valence-corrected chi connectivity index (χ0v) is 15.1. The van der Waals surface area contributed by atoms with Crippen molar-refractivity contribution in [1.29, 1.82) is 0 Å². The first-order valence-electron chi connectivity index (χ1n) is 7.37. The fourth-order valence-corrected chi connectivity index (χ4v) is 2.65. The van der Waals surface area contributed by atoms with Gasteiger partial charge in [0.2, 0.25) is 0 Å². The Morgan fingerprint density at radius 2 is 1.86 bits per heavy atom. The van der Waals surface area contributed by atoms with Crippen LogP contribution in [0.4, 0.5) is 0 Å². The molecule has 1 nitrogen and oxygen atoms in total. The van der Waals surface area contributed by atoms with Crippen LogP contribution in [0.1, 0.15) is 25.0 Å². The standard InChI is InChI=1S/C18H17BrO.C2H6/c1-4-6-17-13(2)7-5-8-14(17)11-15-12-16(19)9-10-18(15)20-3;1-2/h4-10,12H,1-2,11H2,3H3;1-2H3/b17-6+;. The van der Waals surface area contributed by atoms with E-state index in [0.717, 1.165) is 32.6 Å². The number of allylic oxidation sites excluding steroid dienone is 1. The summed E-state index contributed by atoms with van der Waals surface area (Å²) in [5, 5.41) is 2.14. The van der Waals surface area contributed by atoms with Crippen molar-refractivity contribution in [2.75, 3.05) is 7.11 Å².